The number of nitrogens with zero attached hydrogens (tertiary/aromatic N) is 2. The first-order chi connectivity index (χ1) is 9.75. The molecule has 1 aliphatic carbocycles. The van der Waals surface area contributed by atoms with Crippen LogP contribution in [0.25, 0.3) is 0 Å². The van der Waals surface area contributed by atoms with E-state index < -0.39 is 22.4 Å². The van der Waals surface area contributed by atoms with E-state index in [1.54, 1.807) is 0 Å². The van der Waals surface area contributed by atoms with Crippen LogP contribution in [0.3, 0.4) is 0 Å². The molecule has 4 N–H and O–H groups in total. The molecule has 3 atom stereocenters. The Morgan fingerprint density at radius 1 is 0.952 bits per heavy atom. The van der Waals surface area contributed by atoms with E-state index in [9.17, 15) is 10.2 Å². The lowest BCUT2D eigenvalue weighted by atomic mass is 9.83. The maximum absolute atomic E-state index is 9.63. The molecule has 0 bridgehead atoms. The summed E-state index contributed by atoms with van der Waals surface area (Å²) in [6.07, 6.45) is 4.68. The van der Waals surface area contributed by atoms with E-state index in [1.807, 2.05) is 0 Å². The Morgan fingerprint density at radius 2 is 1.38 bits per heavy atom. The van der Waals surface area contributed by atoms with Gasteiger partial charge in [0, 0.05) is 0 Å². The molecule has 0 aromatic rings. The maximum Gasteiger partial charge on any atom is 0.291 e. The molecule has 1 saturated heterocycles. The van der Waals surface area contributed by atoms with Crippen LogP contribution >= 0.6 is 0 Å². The third kappa shape index (κ3) is 8.94. The molecule has 1 aliphatic heterocycles. The van der Waals surface area contributed by atoms with Gasteiger partial charge in [0.25, 0.3) is 10.2 Å². The molecule has 124 valence electrons. The number of hydrogen-bond acceptors (Lipinski definition) is 7. The third-order valence-electron chi connectivity index (χ3n) is 3.30. The Bertz CT molecular complexity index is 302. The van der Waals surface area contributed by atoms with Crippen molar-refractivity contribution in [2.24, 2.45) is 5.92 Å². The highest BCUT2D eigenvalue weighted by atomic mass is 16.9. The van der Waals surface area contributed by atoms with Crippen molar-refractivity contribution in [3.05, 3.63) is 20.2 Å². The molecule has 2 rings (SSSR count). The number of rotatable bonds is 1. The van der Waals surface area contributed by atoms with E-state index in [0.717, 1.165) is 12.8 Å². The second-order valence-corrected chi connectivity index (χ2v) is 4.73. The fourth-order valence-corrected chi connectivity index (χ4v) is 2.50. The van der Waals surface area contributed by atoms with Gasteiger partial charge in [-0.2, -0.15) is 0 Å². The van der Waals surface area contributed by atoms with Crippen LogP contribution in [0.2, 0.25) is 0 Å². The van der Waals surface area contributed by atoms with Crippen molar-refractivity contribution in [1.82, 2.24) is 0 Å². The molecule has 0 aromatic carbocycles. The summed E-state index contributed by atoms with van der Waals surface area (Å²) in [5, 5.41) is 46.2. The maximum atomic E-state index is 9.63. The van der Waals surface area contributed by atoms with Crippen molar-refractivity contribution in [3.63, 3.8) is 0 Å². The van der Waals surface area contributed by atoms with E-state index in [0.29, 0.717) is 12.5 Å². The molecule has 0 spiro atoms. The van der Waals surface area contributed by atoms with E-state index in [1.165, 1.54) is 19.3 Å². The summed E-state index contributed by atoms with van der Waals surface area (Å²) in [6.45, 7) is 0.308. The lowest BCUT2D eigenvalue weighted by Gasteiger charge is -2.28. The van der Waals surface area contributed by atoms with Gasteiger partial charge in [0.05, 0.1) is 12.7 Å². The highest BCUT2D eigenvalue weighted by Crippen LogP contribution is 2.32. The zero-order valence-corrected chi connectivity index (χ0v) is 11.3. The van der Waals surface area contributed by atoms with Crippen molar-refractivity contribution >= 4 is 0 Å². The smallest absolute Gasteiger partial charge is 0.291 e. The van der Waals surface area contributed by atoms with Crippen LogP contribution < -0.4 is 0 Å². The topological polar surface area (TPSA) is 176 Å². The van der Waals surface area contributed by atoms with Crippen molar-refractivity contribution in [2.75, 3.05) is 6.61 Å². The summed E-state index contributed by atoms with van der Waals surface area (Å²) in [5.41, 5.74) is 0. The van der Waals surface area contributed by atoms with Crippen LogP contribution in [-0.4, -0.2) is 55.7 Å². The van der Waals surface area contributed by atoms with Crippen molar-refractivity contribution in [2.45, 2.75) is 50.4 Å². The molecule has 2 aliphatic rings. The second kappa shape index (κ2) is 10.1. The standard InChI is InChI=1S/C10H18O3.2HNO3/c11-8-6-13-10(9(8)12)7-4-2-1-3-5-7;2*2-1(3)4/h7-12H,1-6H2;2*(H,2,3,4). The zero-order valence-electron chi connectivity index (χ0n) is 11.3. The van der Waals surface area contributed by atoms with Crippen LogP contribution in [0, 0.1) is 26.1 Å². The fraction of sp³-hybridized carbons (Fsp3) is 1.00. The lowest BCUT2D eigenvalue weighted by molar-refractivity contribution is -0.742. The van der Waals surface area contributed by atoms with Gasteiger partial charge < -0.3 is 25.4 Å². The summed E-state index contributed by atoms with van der Waals surface area (Å²) in [4.78, 5) is 16.7. The van der Waals surface area contributed by atoms with Gasteiger partial charge in [-0.3, -0.25) is 0 Å². The van der Waals surface area contributed by atoms with Crippen molar-refractivity contribution < 1.29 is 35.5 Å². The fourth-order valence-electron chi connectivity index (χ4n) is 2.50. The normalized spacial score (nSPS) is 28.6. The van der Waals surface area contributed by atoms with E-state index in [-0.39, 0.29) is 6.10 Å². The lowest BCUT2D eigenvalue weighted by Crippen LogP contribution is -2.36. The Hall–Kier alpha value is -1.72. The number of aliphatic hydroxyl groups is 2. The molecular weight excluding hydrogens is 292 g/mol. The highest BCUT2D eigenvalue weighted by molar-refractivity contribution is 4.88. The average molecular weight is 312 g/mol. The summed E-state index contributed by atoms with van der Waals surface area (Å²) < 4.78 is 5.42. The van der Waals surface area contributed by atoms with Gasteiger partial charge >= 0.3 is 0 Å². The van der Waals surface area contributed by atoms with Crippen LogP contribution in [0.5, 0.6) is 0 Å². The van der Waals surface area contributed by atoms with Gasteiger partial charge in [-0.15, -0.1) is 20.2 Å². The van der Waals surface area contributed by atoms with Crippen molar-refractivity contribution in [3.8, 4) is 0 Å². The van der Waals surface area contributed by atoms with Gasteiger partial charge in [-0.25, -0.2) is 0 Å². The second-order valence-electron chi connectivity index (χ2n) is 4.73. The summed E-state index contributed by atoms with van der Waals surface area (Å²) >= 11 is 0. The molecule has 0 aromatic heterocycles. The van der Waals surface area contributed by atoms with Crippen LogP contribution in [0.15, 0.2) is 0 Å². The molecule has 3 unspecified atom stereocenters. The molecular formula is C10H20N2O9. The number of hydrogen-bond donors (Lipinski definition) is 4. The predicted molar refractivity (Wildman–Crippen MR) is 65.9 cm³/mol. The van der Waals surface area contributed by atoms with Crippen LogP contribution in [0.1, 0.15) is 32.1 Å². The first-order valence-electron chi connectivity index (χ1n) is 6.40. The molecule has 11 nitrogen and oxygen atoms in total. The van der Waals surface area contributed by atoms with Gasteiger partial charge in [0.2, 0.25) is 0 Å². The minimum Gasteiger partial charge on any atom is -0.388 e. The minimum atomic E-state index is -1.50. The van der Waals surface area contributed by atoms with E-state index >= 15 is 0 Å². The Balaban J connectivity index is 0.000000421. The van der Waals surface area contributed by atoms with Crippen LogP contribution in [0.4, 0.5) is 0 Å². The van der Waals surface area contributed by atoms with E-state index in [4.69, 9.17) is 35.4 Å². The predicted octanol–water partition coefficient (Wildman–Crippen LogP) is -0.00810. The van der Waals surface area contributed by atoms with Crippen LogP contribution in [-0.2, 0) is 4.74 Å². The highest BCUT2D eigenvalue weighted by Gasteiger charge is 2.39. The zero-order chi connectivity index (χ0) is 16.4. The molecule has 0 radical (unpaired) electrons. The molecule has 0 amide bonds. The quantitative estimate of drug-likeness (QED) is 0.383. The third-order valence-corrected chi connectivity index (χ3v) is 3.30. The number of aliphatic hydroxyl groups excluding tert-OH is 2. The molecule has 1 heterocycles. The molecule has 21 heavy (non-hydrogen) atoms. The average Bonchev–Trinajstić information content (AvgIpc) is 2.70. The van der Waals surface area contributed by atoms with Gasteiger partial charge in [0.1, 0.15) is 12.2 Å². The SMILES string of the molecule is O=[N+]([O-])O.O=[N+]([O-])O.OC1COC(C2CCCCC2)C1O. The molecule has 2 fully saturated rings. The molecule has 11 heteroatoms. The Labute approximate surface area is 120 Å². The van der Waals surface area contributed by atoms with Gasteiger partial charge in [-0.05, 0) is 18.8 Å². The van der Waals surface area contributed by atoms with Gasteiger partial charge in [0.15, 0.2) is 0 Å². The van der Waals surface area contributed by atoms with E-state index in [2.05, 4.69) is 0 Å². The summed E-state index contributed by atoms with van der Waals surface area (Å²) in [6, 6.07) is 0. The summed E-state index contributed by atoms with van der Waals surface area (Å²) in [7, 11) is 0. The largest absolute Gasteiger partial charge is 0.388 e. The molecule has 1 saturated carbocycles. The van der Waals surface area contributed by atoms with Crippen molar-refractivity contribution in [1.29, 1.82) is 0 Å². The van der Waals surface area contributed by atoms with Gasteiger partial charge in [-0.1, -0.05) is 19.3 Å². The number of ether oxygens (including phenoxy) is 1. The Morgan fingerprint density at radius 3 is 1.71 bits per heavy atom. The first-order valence-corrected chi connectivity index (χ1v) is 6.40. The monoisotopic (exact) mass is 312 g/mol. The summed E-state index contributed by atoms with van der Waals surface area (Å²) in [5.74, 6) is 0.473. The first kappa shape index (κ1) is 19.3. The minimum absolute atomic E-state index is 0.102. The Kier molecular flexibility index (Phi) is 9.25.